The molecular weight excluding hydrogens is 402 g/mol. The second kappa shape index (κ2) is 9.91. The summed E-state index contributed by atoms with van der Waals surface area (Å²) in [6, 6.07) is 3.14. The molecule has 2 N–H and O–H groups in total. The van der Waals surface area contributed by atoms with E-state index in [0.717, 1.165) is 32.2 Å². The Labute approximate surface area is 174 Å². The number of hydrogen-bond acceptors (Lipinski definition) is 6. The van der Waals surface area contributed by atoms with Crippen molar-refractivity contribution in [1.29, 1.82) is 0 Å². The third-order valence-corrected chi connectivity index (χ3v) is 6.63. The van der Waals surface area contributed by atoms with Crippen molar-refractivity contribution in [3.05, 3.63) is 16.5 Å². The third kappa shape index (κ3) is 5.37. The van der Waals surface area contributed by atoms with Crippen LogP contribution >= 0.6 is 22.9 Å². The van der Waals surface area contributed by atoms with Gasteiger partial charge in [0.1, 0.15) is 6.04 Å². The summed E-state index contributed by atoms with van der Waals surface area (Å²) < 4.78 is 11.4. The van der Waals surface area contributed by atoms with Crippen LogP contribution in [0.25, 0.3) is 0 Å². The van der Waals surface area contributed by atoms with E-state index in [1.54, 1.807) is 24.1 Å². The highest BCUT2D eigenvalue weighted by molar-refractivity contribution is 7.17. The Hall–Kier alpha value is -1.35. The summed E-state index contributed by atoms with van der Waals surface area (Å²) in [5, 5.41) is 0.585. The zero-order chi connectivity index (χ0) is 20.1. The highest BCUT2D eigenvalue weighted by Crippen LogP contribution is 2.28. The predicted octanol–water partition coefficient (Wildman–Crippen LogP) is 1.98. The molecule has 1 aromatic heterocycles. The van der Waals surface area contributed by atoms with Gasteiger partial charge in [0.25, 0.3) is 5.91 Å². The van der Waals surface area contributed by atoms with E-state index in [4.69, 9.17) is 26.8 Å². The van der Waals surface area contributed by atoms with Gasteiger partial charge >= 0.3 is 0 Å². The number of nitrogens with two attached hydrogens (primary N) is 1. The molecular formula is C19H28ClN3O4S. The summed E-state index contributed by atoms with van der Waals surface area (Å²) in [7, 11) is 1.54. The summed E-state index contributed by atoms with van der Waals surface area (Å²) >= 11 is 7.15. The van der Waals surface area contributed by atoms with Crippen molar-refractivity contribution in [3.8, 4) is 5.06 Å². The maximum absolute atomic E-state index is 13.0. The maximum atomic E-state index is 13.0. The normalized spacial score (nSPS) is 25.8. The number of halogens is 1. The van der Waals surface area contributed by atoms with E-state index in [-0.39, 0.29) is 25.0 Å². The molecule has 3 rings (SSSR count). The number of nitrogens with zero attached hydrogens (tertiary/aromatic N) is 2. The molecule has 0 spiro atoms. The minimum atomic E-state index is -0.604. The molecule has 2 heterocycles. The molecule has 0 radical (unpaired) electrons. The zero-order valence-electron chi connectivity index (χ0n) is 16.1. The lowest BCUT2D eigenvalue weighted by Crippen LogP contribution is -2.61. The van der Waals surface area contributed by atoms with Gasteiger partial charge in [-0.3, -0.25) is 9.59 Å². The van der Waals surface area contributed by atoms with E-state index in [1.807, 2.05) is 4.90 Å². The summed E-state index contributed by atoms with van der Waals surface area (Å²) in [6.45, 7) is 1.82. The van der Waals surface area contributed by atoms with Gasteiger partial charge in [-0.25, -0.2) is 0 Å². The second-order valence-corrected chi connectivity index (χ2v) is 9.15. The fourth-order valence-electron chi connectivity index (χ4n) is 3.91. The number of amides is 2. The molecule has 9 heteroatoms. The fraction of sp³-hybridized carbons (Fsp3) is 0.684. The van der Waals surface area contributed by atoms with E-state index >= 15 is 0 Å². The van der Waals surface area contributed by atoms with Gasteiger partial charge in [-0.2, -0.15) is 0 Å². The number of carbonyl (C=O) groups excluding carboxylic acids is 2. The van der Waals surface area contributed by atoms with Crippen molar-refractivity contribution in [2.75, 3.05) is 40.0 Å². The van der Waals surface area contributed by atoms with Gasteiger partial charge in [-0.05, 0) is 43.7 Å². The Kier molecular flexibility index (Phi) is 7.56. The fourth-order valence-corrected chi connectivity index (χ4v) is 4.78. The molecule has 0 bridgehead atoms. The Bertz CT molecular complexity index is 678. The second-order valence-electron chi connectivity index (χ2n) is 7.47. The minimum absolute atomic E-state index is 0.0458. The molecule has 28 heavy (non-hydrogen) atoms. The van der Waals surface area contributed by atoms with Crippen molar-refractivity contribution in [1.82, 2.24) is 9.80 Å². The molecule has 1 saturated heterocycles. The van der Waals surface area contributed by atoms with E-state index in [2.05, 4.69) is 0 Å². The van der Waals surface area contributed by atoms with Gasteiger partial charge in [0.15, 0.2) is 11.7 Å². The summed E-state index contributed by atoms with van der Waals surface area (Å²) in [4.78, 5) is 29.2. The zero-order valence-corrected chi connectivity index (χ0v) is 17.7. The Morgan fingerprint density at radius 1 is 1.29 bits per heavy atom. The molecule has 156 valence electrons. The largest absolute Gasteiger partial charge is 0.474 e. The molecule has 1 atom stereocenters. The van der Waals surface area contributed by atoms with Crippen LogP contribution in [0.3, 0.4) is 0 Å². The Balaban J connectivity index is 1.57. The van der Waals surface area contributed by atoms with Crippen LogP contribution < -0.4 is 10.5 Å². The Morgan fingerprint density at radius 2 is 2.04 bits per heavy atom. The average Bonchev–Trinajstić information content (AvgIpc) is 3.10. The molecule has 7 nitrogen and oxygen atoms in total. The van der Waals surface area contributed by atoms with E-state index in [9.17, 15) is 9.59 Å². The quantitative estimate of drug-likeness (QED) is 0.716. The molecule has 1 aromatic rings. The van der Waals surface area contributed by atoms with Crippen LogP contribution in [-0.2, 0) is 14.3 Å². The first-order valence-corrected chi connectivity index (χ1v) is 10.9. The lowest BCUT2D eigenvalue weighted by Gasteiger charge is -2.42. The smallest absolute Gasteiger partial charge is 0.261 e. The van der Waals surface area contributed by atoms with E-state index in [0.29, 0.717) is 34.4 Å². The van der Waals surface area contributed by atoms with Crippen LogP contribution in [0.1, 0.15) is 25.7 Å². The van der Waals surface area contributed by atoms with Gasteiger partial charge in [0.2, 0.25) is 5.91 Å². The van der Waals surface area contributed by atoms with Gasteiger partial charge in [0.05, 0.1) is 10.9 Å². The number of hydrogen-bond donors (Lipinski definition) is 1. The van der Waals surface area contributed by atoms with Gasteiger partial charge in [-0.15, -0.1) is 0 Å². The van der Waals surface area contributed by atoms with Crippen LogP contribution in [-0.4, -0.2) is 73.7 Å². The lowest BCUT2D eigenvalue weighted by molar-refractivity contribution is -0.155. The molecule has 1 aliphatic carbocycles. The summed E-state index contributed by atoms with van der Waals surface area (Å²) in [5.74, 6) is 0.222. The number of methoxy groups -OCH3 is 1. The SMILES string of the molecule is COC[C@H]1C(=O)N(C[C@H]2CC[C@@H](N)CC2)CCN1C(=O)COc1ccc(Cl)s1. The molecule has 2 fully saturated rings. The number of carbonyl (C=O) groups is 2. The van der Waals surface area contributed by atoms with Crippen LogP contribution in [0, 0.1) is 5.92 Å². The number of ether oxygens (including phenoxy) is 2. The molecule has 2 aliphatic rings. The first kappa shape index (κ1) is 21.4. The van der Waals surface area contributed by atoms with E-state index in [1.165, 1.54) is 11.3 Å². The number of piperazine rings is 1. The van der Waals surface area contributed by atoms with Crippen LogP contribution in [0.2, 0.25) is 4.34 Å². The first-order chi connectivity index (χ1) is 13.5. The molecule has 1 aliphatic heterocycles. The van der Waals surface area contributed by atoms with Gasteiger partial charge in [-0.1, -0.05) is 22.9 Å². The summed E-state index contributed by atoms with van der Waals surface area (Å²) in [6.07, 6.45) is 4.14. The summed E-state index contributed by atoms with van der Waals surface area (Å²) in [5.41, 5.74) is 5.98. The molecule has 0 aromatic carbocycles. The highest BCUT2D eigenvalue weighted by Gasteiger charge is 2.38. The topological polar surface area (TPSA) is 85.1 Å². The lowest BCUT2D eigenvalue weighted by atomic mass is 9.86. The van der Waals surface area contributed by atoms with Crippen molar-refractivity contribution < 1.29 is 19.1 Å². The number of thiophene rings is 1. The van der Waals surface area contributed by atoms with Crippen molar-refractivity contribution in [3.63, 3.8) is 0 Å². The maximum Gasteiger partial charge on any atom is 0.261 e. The first-order valence-electron chi connectivity index (χ1n) is 9.69. The third-order valence-electron chi connectivity index (χ3n) is 5.49. The van der Waals surface area contributed by atoms with Crippen molar-refractivity contribution in [2.45, 2.75) is 37.8 Å². The number of rotatable bonds is 7. The van der Waals surface area contributed by atoms with Gasteiger partial charge < -0.3 is 25.0 Å². The van der Waals surface area contributed by atoms with Gasteiger partial charge in [0, 0.05) is 32.8 Å². The van der Waals surface area contributed by atoms with Crippen LogP contribution in [0.4, 0.5) is 0 Å². The monoisotopic (exact) mass is 429 g/mol. The molecule has 2 amide bonds. The predicted molar refractivity (Wildman–Crippen MR) is 109 cm³/mol. The minimum Gasteiger partial charge on any atom is -0.474 e. The molecule has 1 saturated carbocycles. The van der Waals surface area contributed by atoms with Crippen LogP contribution in [0.15, 0.2) is 12.1 Å². The van der Waals surface area contributed by atoms with Crippen LogP contribution in [0.5, 0.6) is 5.06 Å². The Morgan fingerprint density at radius 3 is 2.68 bits per heavy atom. The van der Waals surface area contributed by atoms with Crippen molar-refractivity contribution in [2.24, 2.45) is 11.7 Å². The average molecular weight is 430 g/mol. The highest BCUT2D eigenvalue weighted by atomic mass is 35.5. The van der Waals surface area contributed by atoms with E-state index < -0.39 is 6.04 Å². The standard InChI is InChI=1S/C19H28ClN3O4S/c1-26-11-15-19(25)22(10-13-2-4-14(21)5-3-13)8-9-23(15)17(24)12-27-18-7-6-16(20)28-18/h6-7,13-15H,2-5,8-12,21H2,1H3/t13-,14+,15-/m0/s1. The van der Waals surface area contributed by atoms with Crippen molar-refractivity contribution >= 4 is 34.8 Å². The molecule has 0 unspecified atom stereocenters.